The Hall–Kier alpha value is -3.14. The highest BCUT2D eigenvalue weighted by Gasteiger charge is 2.44. The number of carbonyl (C=O) groups is 3. The normalized spacial score (nSPS) is 13.9. The predicted octanol–water partition coefficient (Wildman–Crippen LogP) is 1.13. The maximum atomic E-state index is 12.1. The summed E-state index contributed by atoms with van der Waals surface area (Å²) in [5.41, 5.74) is 9.08. The van der Waals surface area contributed by atoms with Crippen LogP contribution >= 0.6 is 0 Å². The summed E-state index contributed by atoms with van der Waals surface area (Å²) in [5.74, 6) is -2.72. The minimum absolute atomic E-state index is 0.0415. The van der Waals surface area contributed by atoms with E-state index in [2.05, 4.69) is 10.3 Å². The number of hydrogen-bond donors (Lipinski definition) is 4. The van der Waals surface area contributed by atoms with Gasteiger partial charge in [-0.3, -0.25) is 10.3 Å². The molecule has 0 radical (unpaired) electrons. The number of carbonyl (C=O) groups excluding carboxylic acids is 2. The molecule has 0 aromatic heterocycles. The van der Waals surface area contributed by atoms with Gasteiger partial charge in [0.05, 0.1) is 0 Å². The van der Waals surface area contributed by atoms with Crippen molar-refractivity contribution in [3.63, 3.8) is 0 Å². The smallest absolute Gasteiger partial charge is 0.414 e. The van der Waals surface area contributed by atoms with Crippen molar-refractivity contribution in [2.24, 2.45) is 16.5 Å². The number of nitrogens with zero attached hydrogens (tertiary/aromatic N) is 1. The van der Waals surface area contributed by atoms with Crippen LogP contribution in [0.2, 0.25) is 0 Å². The van der Waals surface area contributed by atoms with Gasteiger partial charge in [0, 0.05) is 6.54 Å². The minimum atomic E-state index is -2.19. The Morgan fingerprint density at radius 3 is 2.34 bits per heavy atom. The molecule has 1 atom stereocenters. The molecule has 6 N–H and O–H groups in total. The molecule has 0 fully saturated rings. The van der Waals surface area contributed by atoms with E-state index in [1.165, 1.54) is 0 Å². The fourth-order valence-corrected chi connectivity index (χ4v) is 2.13. The van der Waals surface area contributed by atoms with Crippen molar-refractivity contribution in [1.29, 1.82) is 0 Å². The lowest BCUT2D eigenvalue weighted by atomic mass is 9.94. The van der Waals surface area contributed by atoms with Crippen LogP contribution in [0.4, 0.5) is 4.79 Å². The van der Waals surface area contributed by atoms with Gasteiger partial charge in [-0.2, -0.15) is 0 Å². The van der Waals surface area contributed by atoms with Crippen LogP contribution in [0.15, 0.2) is 35.3 Å². The predicted molar refractivity (Wildman–Crippen MR) is 106 cm³/mol. The molecule has 0 aliphatic heterocycles. The lowest BCUT2D eigenvalue weighted by molar-refractivity contribution is -0.169. The second-order valence-electron chi connectivity index (χ2n) is 7.34. The van der Waals surface area contributed by atoms with Crippen LogP contribution in [0, 0.1) is 0 Å². The number of guanidine groups is 1. The van der Waals surface area contributed by atoms with Crippen molar-refractivity contribution in [2.75, 3.05) is 6.54 Å². The summed E-state index contributed by atoms with van der Waals surface area (Å²) in [6, 6.07) is 9.09. The highest BCUT2D eigenvalue weighted by atomic mass is 16.6. The third kappa shape index (κ3) is 8.60. The van der Waals surface area contributed by atoms with Crippen molar-refractivity contribution < 1.29 is 29.0 Å². The summed E-state index contributed by atoms with van der Waals surface area (Å²) >= 11 is 0. The van der Waals surface area contributed by atoms with Crippen molar-refractivity contribution in [1.82, 2.24) is 5.32 Å². The molecule has 0 saturated carbocycles. The van der Waals surface area contributed by atoms with Crippen molar-refractivity contribution >= 4 is 24.0 Å². The molecule has 10 nitrogen and oxygen atoms in total. The van der Waals surface area contributed by atoms with E-state index in [9.17, 15) is 19.5 Å². The molecule has 29 heavy (non-hydrogen) atoms. The van der Waals surface area contributed by atoms with Gasteiger partial charge >= 0.3 is 18.0 Å². The molecule has 0 saturated heterocycles. The molecule has 1 aromatic carbocycles. The fraction of sp³-hybridized carbons (Fsp3) is 0.474. The van der Waals surface area contributed by atoms with Gasteiger partial charge in [-0.05, 0) is 39.2 Å². The molecule has 160 valence electrons. The number of benzene rings is 1. The van der Waals surface area contributed by atoms with Gasteiger partial charge in [0.15, 0.2) is 5.96 Å². The summed E-state index contributed by atoms with van der Waals surface area (Å²) in [6.45, 7) is 4.95. The first kappa shape index (κ1) is 23.9. The summed E-state index contributed by atoms with van der Waals surface area (Å²) < 4.78 is 10.1. The van der Waals surface area contributed by atoms with Gasteiger partial charge in [0.25, 0.3) is 0 Å². The molecule has 1 aromatic rings. The highest BCUT2D eigenvalue weighted by Crippen LogP contribution is 2.18. The van der Waals surface area contributed by atoms with E-state index < -0.39 is 29.2 Å². The largest absolute Gasteiger partial charge is 0.479 e. The number of carboxylic acids is 1. The number of nitrogens with two attached hydrogens (primary N) is 2. The van der Waals surface area contributed by atoms with Crippen molar-refractivity contribution in [3.8, 4) is 0 Å². The zero-order valence-corrected chi connectivity index (χ0v) is 16.8. The number of esters is 1. The standard InChI is InChI=1S/C19H28N4O6/c1-18(2,3)29-15(26)19(21,14(24)25)10-7-11-22-16(20)23-17(27)28-12-13-8-5-4-6-9-13/h4-6,8-9H,7,10-12,21H2,1-3H3,(H,24,25)(H3,20,22,23,27)/t19-/m0/s1. The average Bonchev–Trinajstić information content (AvgIpc) is 2.62. The Morgan fingerprint density at radius 1 is 1.17 bits per heavy atom. The molecule has 0 spiro atoms. The van der Waals surface area contributed by atoms with Gasteiger partial charge < -0.3 is 26.0 Å². The lowest BCUT2D eigenvalue weighted by Crippen LogP contribution is -2.57. The van der Waals surface area contributed by atoms with Crippen molar-refractivity contribution in [2.45, 2.75) is 51.4 Å². The van der Waals surface area contributed by atoms with E-state index >= 15 is 0 Å². The number of rotatable bonds is 8. The molecule has 0 bridgehead atoms. The number of carboxylic acid groups (broad SMARTS) is 1. The maximum absolute atomic E-state index is 12.1. The summed E-state index contributed by atoms with van der Waals surface area (Å²) in [6.07, 6.45) is -0.863. The molecule has 10 heteroatoms. The van der Waals surface area contributed by atoms with Gasteiger partial charge in [-0.25, -0.2) is 14.4 Å². The molecule has 0 unspecified atom stereocenters. The zero-order chi connectivity index (χ0) is 22.1. The maximum Gasteiger partial charge on any atom is 0.414 e. The number of aliphatic carboxylic acids is 1. The van der Waals surface area contributed by atoms with Gasteiger partial charge in [0.1, 0.15) is 12.2 Å². The monoisotopic (exact) mass is 408 g/mol. The van der Waals surface area contributed by atoms with Crippen LogP contribution in [0.3, 0.4) is 0 Å². The summed E-state index contributed by atoms with van der Waals surface area (Å²) in [7, 11) is 0. The number of hydrogen-bond acceptors (Lipinski definition) is 7. The Morgan fingerprint density at radius 2 is 1.79 bits per heavy atom. The number of aliphatic imine (C=N–C) groups is 1. The van der Waals surface area contributed by atoms with E-state index in [0.717, 1.165) is 5.56 Å². The molecule has 1 rings (SSSR count). The SMILES string of the molecule is CC(C)(C)OC(=O)[C@](N)(CCCN=C(N)NC(=O)OCc1ccccc1)C(=O)O. The number of alkyl carbamates (subject to hydrolysis) is 1. The molecular formula is C19H28N4O6. The van der Waals surface area contributed by atoms with Gasteiger partial charge in [-0.1, -0.05) is 30.3 Å². The van der Waals surface area contributed by atoms with Crippen LogP contribution in [0.25, 0.3) is 0 Å². The zero-order valence-electron chi connectivity index (χ0n) is 16.8. The first-order valence-electron chi connectivity index (χ1n) is 8.97. The first-order valence-corrected chi connectivity index (χ1v) is 8.97. The second-order valence-corrected chi connectivity index (χ2v) is 7.34. The van der Waals surface area contributed by atoms with E-state index in [1.807, 2.05) is 18.2 Å². The van der Waals surface area contributed by atoms with Crippen LogP contribution < -0.4 is 16.8 Å². The Kier molecular flexibility index (Phi) is 8.58. The molecular weight excluding hydrogens is 380 g/mol. The van der Waals surface area contributed by atoms with Crippen LogP contribution in [-0.4, -0.2) is 46.8 Å². The summed E-state index contributed by atoms with van der Waals surface area (Å²) in [4.78, 5) is 39.1. The van der Waals surface area contributed by atoms with Crippen LogP contribution in [0.1, 0.15) is 39.2 Å². The first-order chi connectivity index (χ1) is 13.4. The molecule has 0 heterocycles. The average molecular weight is 408 g/mol. The second kappa shape index (κ2) is 10.4. The summed E-state index contributed by atoms with van der Waals surface area (Å²) in [5, 5.41) is 11.6. The fourth-order valence-electron chi connectivity index (χ4n) is 2.13. The van der Waals surface area contributed by atoms with Crippen LogP contribution in [0.5, 0.6) is 0 Å². The van der Waals surface area contributed by atoms with E-state index in [1.54, 1.807) is 32.9 Å². The lowest BCUT2D eigenvalue weighted by Gasteiger charge is -2.27. The highest BCUT2D eigenvalue weighted by molar-refractivity contribution is 6.03. The Labute approximate surface area is 169 Å². The number of nitrogens with one attached hydrogen (secondary N) is 1. The number of amides is 1. The Balaban J connectivity index is 2.48. The third-order valence-electron chi connectivity index (χ3n) is 3.60. The van der Waals surface area contributed by atoms with E-state index in [4.69, 9.17) is 20.9 Å². The van der Waals surface area contributed by atoms with E-state index in [0.29, 0.717) is 0 Å². The van der Waals surface area contributed by atoms with Crippen LogP contribution in [-0.2, 0) is 25.7 Å². The molecule has 0 aliphatic carbocycles. The molecule has 0 aliphatic rings. The topological polar surface area (TPSA) is 166 Å². The quantitative estimate of drug-likeness (QED) is 0.163. The van der Waals surface area contributed by atoms with Gasteiger partial charge in [-0.15, -0.1) is 0 Å². The third-order valence-corrected chi connectivity index (χ3v) is 3.60. The number of ether oxygens (including phenoxy) is 2. The van der Waals surface area contributed by atoms with Gasteiger partial charge in [0.2, 0.25) is 5.54 Å². The minimum Gasteiger partial charge on any atom is -0.479 e. The van der Waals surface area contributed by atoms with Crippen molar-refractivity contribution in [3.05, 3.63) is 35.9 Å². The van der Waals surface area contributed by atoms with E-state index in [-0.39, 0.29) is 32.0 Å². The molecule has 1 amide bonds. The Bertz CT molecular complexity index is 745.